The van der Waals surface area contributed by atoms with E-state index in [1.165, 1.54) is 0 Å². The highest BCUT2D eigenvalue weighted by Crippen LogP contribution is 2.25. The minimum atomic E-state index is -0.403. The molecule has 3 rings (SSSR count). The third-order valence-corrected chi connectivity index (χ3v) is 4.54. The van der Waals surface area contributed by atoms with Gasteiger partial charge < -0.3 is 5.32 Å². The van der Waals surface area contributed by atoms with Gasteiger partial charge in [-0.15, -0.1) is 0 Å². The summed E-state index contributed by atoms with van der Waals surface area (Å²) in [6.07, 6.45) is 1.61. The van der Waals surface area contributed by atoms with Crippen LogP contribution in [0.3, 0.4) is 0 Å². The van der Waals surface area contributed by atoms with Gasteiger partial charge in [0, 0.05) is 17.1 Å². The molecule has 0 aromatic heterocycles. The van der Waals surface area contributed by atoms with Crippen LogP contribution in [-0.4, -0.2) is 17.1 Å². The average Bonchev–Trinajstić information content (AvgIpc) is 2.92. The number of hydrogen-bond donors (Lipinski definition) is 2. The zero-order valence-corrected chi connectivity index (χ0v) is 14.5. The van der Waals surface area contributed by atoms with E-state index in [-0.39, 0.29) is 11.1 Å². The molecule has 25 heavy (non-hydrogen) atoms. The lowest BCUT2D eigenvalue weighted by Crippen LogP contribution is -2.22. The largest absolute Gasteiger partial charge is 0.348 e. The first-order valence-electron chi connectivity index (χ1n) is 7.39. The smallest absolute Gasteiger partial charge is 0.290 e. The van der Waals surface area contributed by atoms with E-state index in [4.69, 9.17) is 11.6 Å². The maximum atomic E-state index is 12.2. The standard InChI is InChI=1S/C18H13ClN2O3S/c19-14-7-3-12(4-8-14)10-20-16(22)13-5-1-11(2-6-13)9-15-17(23)21-18(24)25-15/h1-9H,10H2,(H,20,22)(H,21,23,24)/b15-9-. The number of imide groups is 1. The number of hydrogen-bond acceptors (Lipinski definition) is 4. The fraction of sp³-hybridized carbons (Fsp3) is 0.0556. The molecule has 0 unspecified atom stereocenters. The minimum absolute atomic E-state index is 0.197. The Kier molecular flexibility index (Phi) is 5.21. The molecule has 1 heterocycles. The molecule has 0 aliphatic carbocycles. The molecule has 0 bridgehead atoms. The lowest BCUT2D eigenvalue weighted by molar-refractivity contribution is -0.115. The number of carbonyl (C=O) groups excluding carboxylic acids is 3. The van der Waals surface area contributed by atoms with Gasteiger partial charge in [0.2, 0.25) is 0 Å². The van der Waals surface area contributed by atoms with E-state index in [0.717, 1.165) is 22.9 Å². The Morgan fingerprint density at radius 2 is 1.76 bits per heavy atom. The zero-order chi connectivity index (χ0) is 17.8. The van der Waals surface area contributed by atoms with Gasteiger partial charge in [-0.2, -0.15) is 0 Å². The molecule has 0 saturated carbocycles. The van der Waals surface area contributed by atoms with Crippen molar-refractivity contribution in [2.75, 3.05) is 0 Å². The summed E-state index contributed by atoms with van der Waals surface area (Å²) in [5.41, 5.74) is 2.20. The van der Waals surface area contributed by atoms with Crippen LogP contribution in [0.4, 0.5) is 4.79 Å². The SMILES string of the molecule is O=C1NC(=O)/C(=C/c2ccc(C(=O)NCc3ccc(Cl)cc3)cc2)S1. The van der Waals surface area contributed by atoms with E-state index in [1.54, 1.807) is 42.5 Å². The zero-order valence-electron chi connectivity index (χ0n) is 12.9. The second-order valence-electron chi connectivity index (χ2n) is 5.28. The predicted octanol–water partition coefficient (Wildman–Crippen LogP) is 3.59. The van der Waals surface area contributed by atoms with E-state index in [9.17, 15) is 14.4 Å². The van der Waals surface area contributed by atoms with Crippen molar-refractivity contribution >= 4 is 46.5 Å². The van der Waals surface area contributed by atoms with Gasteiger partial charge in [0.05, 0.1) is 4.91 Å². The normalized spacial score (nSPS) is 15.3. The first-order valence-corrected chi connectivity index (χ1v) is 8.58. The van der Waals surface area contributed by atoms with Gasteiger partial charge in [-0.25, -0.2) is 0 Å². The molecular formula is C18H13ClN2O3S. The summed E-state index contributed by atoms with van der Waals surface area (Å²) < 4.78 is 0. The van der Waals surface area contributed by atoms with Gasteiger partial charge in [0.25, 0.3) is 17.1 Å². The number of benzene rings is 2. The highest BCUT2D eigenvalue weighted by molar-refractivity contribution is 8.18. The molecule has 7 heteroatoms. The van der Waals surface area contributed by atoms with Crippen LogP contribution in [0.25, 0.3) is 6.08 Å². The molecule has 0 atom stereocenters. The summed E-state index contributed by atoms with van der Waals surface area (Å²) in [5.74, 6) is -0.600. The fourth-order valence-corrected chi connectivity index (χ4v) is 3.00. The van der Waals surface area contributed by atoms with Crippen LogP contribution in [0.5, 0.6) is 0 Å². The van der Waals surface area contributed by atoms with Crippen molar-refractivity contribution in [3.8, 4) is 0 Å². The lowest BCUT2D eigenvalue weighted by Gasteiger charge is -2.06. The lowest BCUT2D eigenvalue weighted by atomic mass is 10.1. The summed E-state index contributed by atoms with van der Waals surface area (Å²) in [5, 5.41) is 5.30. The summed E-state index contributed by atoms with van der Waals surface area (Å²) in [7, 11) is 0. The Morgan fingerprint density at radius 1 is 1.08 bits per heavy atom. The Morgan fingerprint density at radius 3 is 2.36 bits per heavy atom. The van der Waals surface area contributed by atoms with Gasteiger partial charge >= 0.3 is 0 Å². The van der Waals surface area contributed by atoms with Crippen molar-refractivity contribution in [1.29, 1.82) is 0 Å². The van der Waals surface area contributed by atoms with Gasteiger partial charge in [0.1, 0.15) is 0 Å². The van der Waals surface area contributed by atoms with E-state index < -0.39 is 5.91 Å². The first kappa shape index (κ1) is 17.3. The second-order valence-corrected chi connectivity index (χ2v) is 6.73. The predicted molar refractivity (Wildman–Crippen MR) is 98.2 cm³/mol. The van der Waals surface area contributed by atoms with Crippen molar-refractivity contribution in [2.45, 2.75) is 6.54 Å². The molecule has 2 N–H and O–H groups in total. The number of carbonyl (C=O) groups is 3. The van der Waals surface area contributed by atoms with Crippen molar-refractivity contribution < 1.29 is 14.4 Å². The van der Waals surface area contributed by atoms with Crippen LogP contribution in [0.15, 0.2) is 53.4 Å². The second kappa shape index (κ2) is 7.55. The summed E-state index contributed by atoms with van der Waals surface area (Å²) in [4.78, 5) is 35.2. The van der Waals surface area contributed by atoms with Crippen LogP contribution >= 0.6 is 23.4 Å². The molecule has 5 nitrogen and oxygen atoms in total. The third kappa shape index (κ3) is 4.49. The molecule has 1 fully saturated rings. The quantitative estimate of drug-likeness (QED) is 0.804. The van der Waals surface area contributed by atoms with Crippen LogP contribution in [0, 0.1) is 0 Å². The van der Waals surface area contributed by atoms with Crippen molar-refractivity contribution in [1.82, 2.24) is 10.6 Å². The molecule has 1 aliphatic rings. The molecule has 126 valence electrons. The van der Waals surface area contributed by atoms with Crippen LogP contribution < -0.4 is 10.6 Å². The molecular weight excluding hydrogens is 360 g/mol. The Hall–Kier alpha value is -2.57. The van der Waals surface area contributed by atoms with Gasteiger partial charge in [0.15, 0.2) is 0 Å². The number of rotatable bonds is 4. The molecule has 0 radical (unpaired) electrons. The van der Waals surface area contributed by atoms with Gasteiger partial charge in [-0.3, -0.25) is 19.7 Å². The monoisotopic (exact) mass is 372 g/mol. The van der Waals surface area contributed by atoms with E-state index in [1.807, 2.05) is 12.1 Å². The summed E-state index contributed by atoms with van der Waals surface area (Å²) >= 11 is 6.68. The maximum Gasteiger partial charge on any atom is 0.290 e. The van der Waals surface area contributed by atoms with Gasteiger partial charge in [-0.1, -0.05) is 35.9 Å². The average molecular weight is 373 g/mol. The van der Waals surface area contributed by atoms with E-state index >= 15 is 0 Å². The number of thioether (sulfide) groups is 1. The first-order chi connectivity index (χ1) is 12.0. The molecule has 2 aromatic carbocycles. The molecule has 1 saturated heterocycles. The maximum absolute atomic E-state index is 12.2. The Balaban J connectivity index is 1.62. The summed E-state index contributed by atoms with van der Waals surface area (Å²) in [6, 6.07) is 14.0. The van der Waals surface area contributed by atoms with Gasteiger partial charge in [-0.05, 0) is 53.2 Å². The highest BCUT2D eigenvalue weighted by Gasteiger charge is 2.24. The number of halogens is 1. The van der Waals surface area contributed by atoms with Crippen LogP contribution in [0.1, 0.15) is 21.5 Å². The number of amides is 3. The van der Waals surface area contributed by atoms with E-state index in [0.29, 0.717) is 22.0 Å². The Bertz CT molecular complexity index is 861. The van der Waals surface area contributed by atoms with Crippen molar-refractivity contribution in [3.05, 3.63) is 75.1 Å². The topological polar surface area (TPSA) is 75.3 Å². The van der Waals surface area contributed by atoms with Crippen LogP contribution in [0.2, 0.25) is 5.02 Å². The highest BCUT2D eigenvalue weighted by atomic mass is 35.5. The van der Waals surface area contributed by atoms with E-state index in [2.05, 4.69) is 10.6 Å². The molecule has 0 spiro atoms. The fourth-order valence-electron chi connectivity index (χ4n) is 2.19. The minimum Gasteiger partial charge on any atom is -0.348 e. The van der Waals surface area contributed by atoms with Crippen molar-refractivity contribution in [2.24, 2.45) is 0 Å². The number of nitrogens with one attached hydrogen (secondary N) is 2. The van der Waals surface area contributed by atoms with Crippen LogP contribution in [-0.2, 0) is 11.3 Å². The molecule has 1 aliphatic heterocycles. The third-order valence-electron chi connectivity index (χ3n) is 3.48. The summed E-state index contributed by atoms with van der Waals surface area (Å²) in [6.45, 7) is 0.403. The molecule has 3 amide bonds. The Labute approximate surface area is 153 Å². The molecule has 2 aromatic rings. The van der Waals surface area contributed by atoms with Crippen molar-refractivity contribution in [3.63, 3.8) is 0 Å².